The maximum atomic E-state index is 9.08. The van der Waals surface area contributed by atoms with Crippen LogP contribution in [-0.2, 0) is 0 Å². The number of aliphatic hydroxyl groups is 2. The Bertz CT molecular complexity index is 97.1. The zero-order valence-electron chi connectivity index (χ0n) is 5.33. The Hall–Kier alpha value is -0.160. The van der Waals surface area contributed by atoms with Crippen LogP contribution in [0.15, 0.2) is 0 Å². The quantitative estimate of drug-likeness (QED) is 0.275. The number of rotatable bonds is 0. The lowest BCUT2D eigenvalue weighted by Crippen LogP contribution is -2.79. The molecule has 8 N–H and O–H groups in total. The fraction of sp³-hybridized carbons (Fsp3) is 1.00. The molecule has 0 aromatic rings. The molecular weight excluding hydrogens is 120 g/mol. The van der Waals surface area contributed by atoms with Crippen LogP contribution in [0.1, 0.15) is 6.42 Å². The first-order valence-electron chi connectivity index (χ1n) is 3.15. The molecule has 1 aliphatic rings. The largest absolute Gasteiger partial charge is 0.390 e. The van der Waals surface area contributed by atoms with Crippen molar-refractivity contribution < 1.29 is 21.7 Å². The number of hydrogen-bond donors (Lipinski definition) is 4. The summed E-state index contributed by atoms with van der Waals surface area (Å²) in [5, 5.41) is 18.1. The van der Waals surface area contributed by atoms with E-state index in [2.05, 4.69) is 11.5 Å². The minimum atomic E-state index is -0.660. The van der Waals surface area contributed by atoms with Crippen molar-refractivity contribution in [3.05, 3.63) is 0 Å². The van der Waals surface area contributed by atoms with Gasteiger partial charge in [0.2, 0.25) is 0 Å². The molecule has 4 nitrogen and oxygen atoms in total. The molecular formula is C5H14N2O2+2. The molecule has 0 aromatic carbocycles. The van der Waals surface area contributed by atoms with Crippen molar-refractivity contribution in [3.8, 4) is 0 Å². The van der Waals surface area contributed by atoms with Crippen molar-refractivity contribution in [1.29, 1.82) is 0 Å². The van der Waals surface area contributed by atoms with Crippen molar-refractivity contribution in [2.45, 2.75) is 30.7 Å². The van der Waals surface area contributed by atoms with E-state index in [4.69, 9.17) is 10.2 Å². The van der Waals surface area contributed by atoms with E-state index in [1.807, 2.05) is 0 Å². The highest BCUT2D eigenvalue weighted by atomic mass is 16.3. The molecule has 0 aliphatic heterocycles. The maximum Gasteiger partial charge on any atom is 0.165 e. The van der Waals surface area contributed by atoms with E-state index in [-0.39, 0.29) is 12.1 Å². The smallest absolute Gasteiger partial charge is 0.165 e. The third-order valence-corrected chi connectivity index (χ3v) is 1.98. The second-order valence-electron chi connectivity index (χ2n) is 2.72. The highest BCUT2D eigenvalue weighted by Crippen LogP contribution is 2.14. The minimum absolute atomic E-state index is 0.0972. The Morgan fingerprint density at radius 2 is 1.78 bits per heavy atom. The van der Waals surface area contributed by atoms with E-state index in [0.717, 1.165) is 0 Å². The number of hydrogen-bond acceptors (Lipinski definition) is 2. The molecule has 9 heavy (non-hydrogen) atoms. The molecule has 0 saturated heterocycles. The first-order valence-corrected chi connectivity index (χ1v) is 3.15. The molecule has 1 saturated carbocycles. The highest BCUT2D eigenvalue weighted by molar-refractivity contribution is 4.88. The summed E-state index contributed by atoms with van der Waals surface area (Å²) in [4.78, 5) is 0. The molecule has 4 atom stereocenters. The lowest BCUT2D eigenvalue weighted by molar-refractivity contribution is -0.528. The standard InChI is InChI=1S/C5H12N2O2/c6-2-1-3(8)5(9)4(2)7/h2-5,8-9H,1,6-7H2/p+2/t2-,3-,4+,5-/m0/s1. The van der Waals surface area contributed by atoms with Gasteiger partial charge in [-0.2, -0.15) is 0 Å². The molecule has 0 unspecified atom stereocenters. The van der Waals surface area contributed by atoms with Crippen LogP contribution in [0.4, 0.5) is 0 Å². The Balaban J connectivity index is 2.54. The molecule has 0 amide bonds. The van der Waals surface area contributed by atoms with Crippen LogP contribution in [0.5, 0.6) is 0 Å². The van der Waals surface area contributed by atoms with Crippen molar-refractivity contribution in [2.24, 2.45) is 0 Å². The molecule has 0 aromatic heterocycles. The zero-order valence-corrected chi connectivity index (χ0v) is 5.33. The van der Waals surface area contributed by atoms with Gasteiger partial charge in [0, 0.05) is 6.42 Å². The highest BCUT2D eigenvalue weighted by Gasteiger charge is 2.42. The van der Waals surface area contributed by atoms with Gasteiger partial charge in [0.15, 0.2) is 6.04 Å². The topological polar surface area (TPSA) is 95.7 Å². The third-order valence-electron chi connectivity index (χ3n) is 1.98. The molecule has 0 bridgehead atoms. The number of aliphatic hydroxyl groups excluding tert-OH is 2. The molecule has 4 heteroatoms. The van der Waals surface area contributed by atoms with Gasteiger partial charge in [-0.3, -0.25) is 0 Å². The van der Waals surface area contributed by atoms with E-state index in [1.165, 1.54) is 0 Å². The van der Waals surface area contributed by atoms with Crippen LogP contribution in [0.3, 0.4) is 0 Å². The zero-order chi connectivity index (χ0) is 7.02. The number of quaternary nitrogens is 2. The van der Waals surface area contributed by atoms with Crippen LogP contribution in [0.2, 0.25) is 0 Å². The van der Waals surface area contributed by atoms with Crippen molar-refractivity contribution in [3.63, 3.8) is 0 Å². The van der Waals surface area contributed by atoms with Gasteiger partial charge in [0.05, 0.1) is 6.10 Å². The monoisotopic (exact) mass is 134 g/mol. The van der Waals surface area contributed by atoms with Crippen molar-refractivity contribution >= 4 is 0 Å². The predicted octanol–water partition coefficient (Wildman–Crippen LogP) is -3.67. The first kappa shape index (κ1) is 6.95. The van der Waals surface area contributed by atoms with E-state index < -0.39 is 12.2 Å². The van der Waals surface area contributed by atoms with Gasteiger partial charge in [-0.1, -0.05) is 0 Å². The molecule has 1 aliphatic carbocycles. The molecule has 1 fully saturated rings. The summed E-state index contributed by atoms with van der Waals surface area (Å²) in [6, 6.07) is 0.00926. The van der Waals surface area contributed by atoms with Crippen molar-refractivity contribution in [1.82, 2.24) is 0 Å². The van der Waals surface area contributed by atoms with E-state index in [1.54, 1.807) is 0 Å². The molecule has 1 rings (SSSR count). The molecule has 54 valence electrons. The second kappa shape index (κ2) is 2.22. The molecule has 0 spiro atoms. The normalized spacial score (nSPS) is 52.0. The van der Waals surface area contributed by atoms with Gasteiger partial charge < -0.3 is 21.7 Å². The van der Waals surface area contributed by atoms with Crippen LogP contribution >= 0.6 is 0 Å². The Labute approximate surface area is 53.5 Å². The van der Waals surface area contributed by atoms with Crippen LogP contribution in [-0.4, -0.2) is 34.5 Å². The summed E-state index contributed by atoms with van der Waals surface area (Å²) >= 11 is 0. The Morgan fingerprint density at radius 1 is 1.22 bits per heavy atom. The summed E-state index contributed by atoms with van der Waals surface area (Å²) in [5.41, 5.74) is 7.41. The fourth-order valence-corrected chi connectivity index (χ4v) is 1.19. The SMILES string of the molecule is [NH3+][C@H]1[C@@H](O)[C@@H](O)C[C@@H]1[NH3+]. The lowest BCUT2D eigenvalue weighted by Gasteiger charge is -2.07. The first-order chi connectivity index (χ1) is 4.13. The average Bonchev–Trinajstić information content (AvgIpc) is 1.98. The summed E-state index contributed by atoms with van der Waals surface area (Å²) in [7, 11) is 0. The van der Waals surface area contributed by atoms with Gasteiger partial charge in [-0.15, -0.1) is 0 Å². The summed E-state index contributed by atoms with van der Waals surface area (Å²) in [5.74, 6) is 0. The van der Waals surface area contributed by atoms with E-state index in [0.29, 0.717) is 6.42 Å². The Morgan fingerprint density at radius 3 is 1.89 bits per heavy atom. The van der Waals surface area contributed by atoms with Crippen LogP contribution < -0.4 is 11.5 Å². The maximum absolute atomic E-state index is 9.08. The van der Waals surface area contributed by atoms with Gasteiger partial charge >= 0.3 is 0 Å². The summed E-state index contributed by atoms with van der Waals surface area (Å²) in [6.07, 6.45) is -0.683. The fourth-order valence-electron chi connectivity index (χ4n) is 1.19. The van der Waals surface area contributed by atoms with E-state index in [9.17, 15) is 0 Å². The molecule has 0 radical (unpaired) electrons. The average molecular weight is 134 g/mol. The van der Waals surface area contributed by atoms with Gasteiger partial charge in [-0.25, -0.2) is 0 Å². The summed E-state index contributed by atoms with van der Waals surface area (Å²) < 4.78 is 0. The third kappa shape index (κ3) is 1.07. The van der Waals surface area contributed by atoms with Crippen molar-refractivity contribution in [2.75, 3.05) is 0 Å². The van der Waals surface area contributed by atoms with Gasteiger partial charge in [0.1, 0.15) is 12.1 Å². The van der Waals surface area contributed by atoms with Crippen LogP contribution in [0.25, 0.3) is 0 Å². The molecule has 0 heterocycles. The van der Waals surface area contributed by atoms with Gasteiger partial charge in [0.25, 0.3) is 0 Å². The minimum Gasteiger partial charge on any atom is -0.390 e. The predicted molar refractivity (Wildman–Crippen MR) is 30.0 cm³/mol. The van der Waals surface area contributed by atoms with Gasteiger partial charge in [-0.05, 0) is 0 Å². The Kier molecular flexibility index (Phi) is 1.72. The summed E-state index contributed by atoms with van der Waals surface area (Å²) in [6.45, 7) is 0. The second-order valence-corrected chi connectivity index (χ2v) is 2.72. The van der Waals surface area contributed by atoms with E-state index >= 15 is 0 Å². The van der Waals surface area contributed by atoms with Crippen LogP contribution in [0, 0.1) is 0 Å². The lowest BCUT2D eigenvalue weighted by atomic mass is 10.2.